The maximum atomic E-state index is 12.4. The third-order valence-electron chi connectivity index (χ3n) is 5.61. The number of fused-ring (bicyclic) bond motifs is 1. The molecule has 0 radical (unpaired) electrons. The molecule has 0 bridgehead atoms. The summed E-state index contributed by atoms with van der Waals surface area (Å²) in [6.45, 7) is 5.53. The number of nitrogens with two attached hydrogens (primary N) is 1. The second-order valence-corrected chi connectivity index (χ2v) is 7.73. The Balaban J connectivity index is 1.43. The van der Waals surface area contributed by atoms with Crippen LogP contribution in [0.2, 0.25) is 0 Å². The molecule has 0 saturated carbocycles. The summed E-state index contributed by atoms with van der Waals surface area (Å²) < 4.78 is 0. The molecule has 28 heavy (non-hydrogen) atoms. The Morgan fingerprint density at radius 3 is 2.61 bits per heavy atom. The standard InChI is InChI=1S/C23H28N4O/c1-16(22-20-15-18(24)7-10-21(20)26-23(22)28)25-19-8-5-17(6-9-19)11-14-27-12-3-2-4-13-27/h5-10,15,25H,2-4,11-14,24H2,1H3,(H,26,28). The van der Waals surface area contributed by atoms with Gasteiger partial charge < -0.3 is 21.3 Å². The van der Waals surface area contributed by atoms with Crippen molar-refractivity contribution in [3.63, 3.8) is 0 Å². The highest BCUT2D eigenvalue weighted by atomic mass is 16.2. The Morgan fingerprint density at radius 1 is 1.11 bits per heavy atom. The number of anilines is 3. The van der Waals surface area contributed by atoms with Crippen LogP contribution in [0.5, 0.6) is 0 Å². The molecule has 1 saturated heterocycles. The van der Waals surface area contributed by atoms with Gasteiger partial charge in [0.15, 0.2) is 0 Å². The number of rotatable bonds is 5. The third-order valence-corrected chi connectivity index (χ3v) is 5.61. The number of allylic oxidation sites excluding steroid dienone is 1. The van der Waals surface area contributed by atoms with Crippen LogP contribution in [-0.2, 0) is 11.2 Å². The average Bonchev–Trinajstić information content (AvgIpc) is 3.03. The van der Waals surface area contributed by atoms with E-state index in [2.05, 4.69) is 39.8 Å². The molecular formula is C23H28N4O. The lowest BCUT2D eigenvalue weighted by molar-refractivity contribution is -0.110. The van der Waals surface area contributed by atoms with E-state index in [0.717, 1.165) is 35.6 Å². The topological polar surface area (TPSA) is 70.4 Å². The van der Waals surface area contributed by atoms with E-state index in [1.807, 2.05) is 19.1 Å². The molecule has 146 valence electrons. The van der Waals surface area contributed by atoms with Crippen LogP contribution < -0.4 is 16.4 Å². The van der Waals surface area contributed by atoms with Gasteiger partial charge >= 0.3 is 0 Å². The Morgan fingerprint density at radius 2 is 1.86 bits per heavy atom. The highest BCUT2D eigenvalue weighted by Gasteiger charge is 2.26. The maximum absolute atomic E-state index is 12.4. The van der Waals surface area contributed by atoms with Crippen LogP contribution in [-0.4, -0.2) is 30.4 Å². The summed E-state index contributed by atoms with van der Waals surface area (Å²) in [5, 5.41) is 6.28. The van der Waals surface area contributed by atoms with Crippen molar-refractivity contribution >= 4 is 28.5 Å². The smallest absolute Gasteiger partial charge is 0.258 e. The van der Waals surface area contributed by atoms with Crippen molar-refractivity contribution in [2.75, 3.05) is 36.0 Å². The van der Waals surface area contributed by atoms with Crippen molar-refractivity contribution in [1.82, 2.24) is 4.90 Å². The molecule has 4 rings (SSSR count). The zero-order chi connectivity index (χ0) is 19.5. The van der Waals surface area contributed by atoms with Gasteiger partial charge in [-0.15, -0.1) is 0 Å². The molecular weight excluding hydrogens is 348 g/mol. The average molecular weight is 377 g/mol. The molecule has 1 fully saturated rings. The molecule has 0 spiro atoms. The molecule has 2 aliphatic heterocycles. The molecule has 2 aliphatic rings. The van der Waals surface area contributed by atoms with E-state index in [1.54, 1.807) is 6.07 Å². The third kappa shape index (κ3) is 4.04. The fourth-order valence-corrected chi connectivity index (χ4v) is 4.06. The van der Waals surface area contributed by atoms with Gasteiger partial charge in [-0.05, 0) is 75.2 Å². The highest BCUT2D eigenvalue weighted by Crippen LogP contribution is 2.35. The van der Waals surface area contributed by atoms with Gasteiger partial charge in [-0.25, -0.2) is 0 Å². The SMILES string of the molecule is CC(Nc1ccc(CCN2CCCCC2)cc1)=C1C(=O)Nc2ccc(N)cc21. The minimum atomic E-state index is -0.0937. The van der Waals surface area contributed by atoms with Gasteiger partial charge in [0.2, 0.25) is 0 Å². The van der Waals surface area contributed by atoms with E-state index in [-0.39, 0.29) is 5.91 Å². The number of nitrogen functional groups attached to an aromatic ring is 1. The molecule has 5 heteroatoms. The monoisotopic (exact) mass is 376 g/mol. The van der Waals surface area contributed by atoms with Gasteiger partial charge in [-0.3, -0.25) is 4.79 Å². The van der Waals surface area contributed by atoms with Gasteiger partial charge in [-0.2, -0.15) is 0 Å². The summed E-state index contributed by atoms with van der Waals surface area (Å²) in [7, 11) is 0. The van der Waals surface area contributed by atoms with Crippen LogP contribution in [0.3, 0.4) is 0 Å². The number of likely N-dealkylation sites (tertiary alicyclic amines) is 1. The Labute approximate surface area is 166 Å². The van der Waals surface area contributed by atoms with E-state index in [4.69, 9.17) is 5.73 Å². The second kappa shape index (κ2) is 8.07. The van der Waals surface area contributed by atoms with E-state index in [9.17, 15) is 4.79 Å². The Hall–Kier alpha value is -2.79. The van der Waals surface area contributed by atoms with Crippen LogP contribution >= 0.6 is 0 Å². The van der Waals surface area contributed by atoms with E-state index in [1.165, 1.54) is 37.9 Å². The minimum Gasteiger partial charge on any atom is -0.399 e. The number of piperidine rings is 1. The zero-order valence-electron chi connectivity index (χ0n) is 16.4. The van der Waals surface area contributed by atoms with Crippen molar-refractivity contribution in [1.29, 1.82) is 0 Å². The van der Waals surface area contributed by atoms with Crippen LogP contribution in [0.15, 0.2) is 48.2 Å². The number of amides is 1. The first-order valence-corrected chi connectivity index (χ1v) is 10.1. The highest BCUT2D eigenvalue weighted by molar-refractivity contribution is 6.32. The molecule has 2 aromatic rings. The van der Waals surface area contributed by atoms with Crippen molar-refractivity contribution in [2.45, 2.75) is 32.6 Å². The molecule has 0 aromatic heterocycles. The summed E-state index contributed by atoms with van der Waals surface area (Å²) >= 11 is 0. The van der Waals surface area contributed by atoms with E-state index in [0.29, 0.717) is 11.3 Å². The van der Waals surface area contributed by atoms with E-state index < -0.39 is 0 Å². The van der Waals surface area contributed by atoms with Gasteiger partial charge in [0, 0.05) is 34.9 Å². The summed E-state index contributed by atoms with van der Waals surface area (Å²) in [5.74, 6) is -0.0937. The first kappa shape index (κ1) is 18.6. The number of hydrogen-bond acceptors (Lipinski definition) is 4. The number of carbonyl (C=O) groups is 1. The quantitative estimate of drug-likeness (QED) is 0.543. The molecule has 5 nitrogen and oxygen atoms in total. The summed E-state index contributed by atoms with van der Waals surface area (Å²) in [6.07, 6.45) is 5.12. The van der Waals surface area contributed by atoms with Gasteiger partial charge in [-0.1, -0.05) is 18.6 Å². The zero-order valence-corrected chi connectivity index (χ0v) is 16.4. The summed E-state index contributed by atoms with van der Waals surface area (Å²) in [5.41, 5.74) is 12.0. The fourth-order valence-electron chi connectivity index (χ4n) is 4.06. The summed E-state index contributed by atoms with van der Waals surface area (Å²) in [6, 6.07) is 14.0. The number of hydrogen-bond donors (Lipinski definition) is 3. The van der Waals surface area contributed by atoms with Crippen LogP contribution in [0.4, 0.5) is 17.1 Å². The van der Waals surface area contributed by atoms with E-state index >= 15 is 0 Å². The second-order valence-electron chi connectivity index (χ2n) is 7.73. The first-order chi connectivity index (χ1) is 13.6. The molecule has 0 aliphatic carbocycles. The molecule has 0 unspecified atom stereocenters. The molecule has 1 amide bonds. The number of benzene rings is 2. The first-order valence-electron chi connectivity index (χ1n) is 10.1. The maximum Gasteiger partial charge on any atom is 0.258 e. The number of nitrogens with one attached hydrogen (secondary N) is 2. The Kier molecular flexibility index (Phi) is 5.35. The fraction of sp³-hybridized carbons (Fsp3) is 0.348. The summed E-state index contributed by atoms with van der Waals surface area (Å²) in [4.78, 5) is 15.0. The van der Waals surface area contributed by atoms with Crippen LogP contribution in [0.1, 0.15) is 37.3 Å². The lowest BCUT2D eigenvalue weighted by Gasteiger charge is -2.26. The molecule has 0 atom stereocenters. The minimum absolute atomic E-state index is 0.0937. The molecule has 4 N–H and O–H groups in total. The van der Waals surface area contributed by atoms with Crippen LogP contribution in [0, 0.1) is 0 Å². The lowest BCUT2D eigenvalue weighted by Crippen LogP contribution is -2.31. The normalized spacial score (nSPS) is 18.5. The predicted molar refractivity (Wildman–Crippen MR) is 116 cm³/mol. The number of nitrogens with zero attached hydrogens (tertiary/aromatic N) is 1. The predicted octanol–water partition coefficient (Wildman–Crippen LogP) is 4.09. The van der Waals surface area contributed by atoms with Crippen LogP contribution in [0.25, 0.3) is 5.57 Å². The largest absolute Gasteiger partial charge is 0.399 e. The van der Waals surface area contributed by atoms with Crippen molar-refractivity contribution in [3.8, 4) is 0 Å². The lowest BCUT2D eigenvalue weighted by atomic mass is 10.0. The van der Waals surface area contributed by atoms with Gasteiger partial charge in [0.05, 0.1) is 5.57 Å². The van der Waals surface area contributed by atoms with Gasteiger partial charge in [0.1, 0.15) is 0 Å². The Bertz CT molecular complexity index is 895. The van der Waals surface area contributed by atoms with Crippen molar-refractivity contribution < 1.29 is 4.79 Å². The van der Waals surface area contributed by atoms with Crippen molar-refractivity contribution in [3.05, 3.63) is 59.3 Å². The van der Waals surface area contributed by atoms with Gasteiger partial charge in [0.25, 0.3) is 5.91 Å². The molecule has 2 aromatic carbocycles. The number of carbonyl (C=O) groups excluding carboxylic acids is 1. The van der Waals surface area contributed by atoms with Crippen molar-refractivity contribution in [2.24, 2.45) is 0 Å². The molecule has 2 heterocycles.